The van der Waals surface area contributed by atoms with Crippen LogP contribution in [-0.4, -0.2) is 15.9 Å². The highest BCUT2D eigenvalue weighted by molar-refractivity contribution is 6.32. The summed E-state index contributed by atoms with van der Waals surface area (Å²) < 4.78 is 0. The molecular formula is C8H7ClN2O4. The molecule has 1 amide bonds. The fraction of sp³-hybridized carbons (Fsp3) is 0.125. The van der Waals surface area contributed by atoms with E-state index >= 15 is 0 Å². The molecule has 0 saturated carbocycles. The van der Waals surface area contributed by atoms with Crippen LogP contribution in [0.4, 0.5) is 11.4 Å². The van der Waals surface area contributed by atoms with Gasteiger partial charge in [-0.15, -0.1) is 0 Å². The Morgan fingerprint density at radius 2 is 2.20 bits per heavy atom. The van der Waals surface area contributed by atoms with Crippen LogP contribution in [0.3, 0.4) is 0 Å². The highest BCUT2D eigenvalue weighted by atomic mass is 35.5. The molecule has 0 bridgehead atoms. The molecule has 0 atom stereocenters. The van der Waals surface area contributed by atoms with Gasteiger partial charge in [-0.1, -0.05) is 11.6 Å². The number of amides is 1. The van der Waals surface area contributed by atoms with Crippen LogP contribution in [0.1, 0.15) is 6.92 Å². The number of nitrogens with one attached hydrogen (secondary N) is 1. The first-order valence-electron chi connectivity index (χ1n) is 3.86. The average molecular weight is 231 g/mol. The summed E-state index contributed by atoms with van der Waals surface area (Å²) in [6.45, 7) is 1.21. The Hall–Kier alpha value is -1.82. The number of carbonyl (C=O) groups excluding carboxylic acids is 1. The van der Waals surface area contributed by atoms with Gasteiger partial charge in [-0.3, -0.25) is 14.9 Å². The van der Waals surface area contributed by atoms with Crippen LogP contribution in [0.5, 0.6) is 5.75 Å². The Morgan fingerprint density at radius 3 is 2.67 bits per heavy atom. The van der Waals surface area contributed by atoms with Gasteiger partial charge in [0.2, 0.25) is 5.91 Å². The van der Waals surface area contributed by atoms with Crippen molar-refractivity contribution >= 4 is 28.9 Å². The number of nitrogens with zero attached hydrogens (tertiary/aromatic N) is 1. The number of phenols is 1. The van der Waals surface area contributed by atoms with Gasteiger partial charge < -0.3 is 10.4 Å². The van der Waals surface area contributed by atoms with Crippen molar-refractivity contribution in [1.29, 1.82) is 0 Å². The van der Waals surface area contributed by atoms with Gasteiger partial charge >= 0.3 is 0 Å². The fourth-order valence-electron chi connectivity index (χ4n) is 0.975. The fourth-order valence-corrected chi connectivity index (χ4v) is 1.19. The Balaban J connectivity index is 3.24. The van der Waals surface area contributed by atoms with Gasteiger partial charge in [-0.05, 0) is 0 Å². The first-order valence-corrected chi connectivity index (χ1v) is 4.24. The van der Waals surface area contributed by atoms with E-state index in [4.69, 9.17) is 11.6 Å². The molecule has 7 heteroatoms. The molecule has 1 rings (SSSR count). The number of aromatic hydroxyl groups is 1. The summed E-state index contributed by atoms with van der Waals surface area (Å²) in [6, 6.07) is 2.03. The predicted molar refractivity (Wildman–Crippen MR) is 54.1 cm³/mol. The zero-order valence-electron chi connectivity index (χ0n) is 7.65. The minimum Gasteiger partial charge on any atom is -0.504 e. The summed E-state index contributed by atoms with van der Waals surface area (Å²) in [5, 5.41) is 21.9. The molecule has 0 aromatic heterocycles. The lowest BCUT2D eigenvalue weighted by Gasteiger charge is -2.06. The van der Waals surface area contributed by atoms with Gasteiger partial charge in [0, 0.05) is 19.1 Å². The summed E-state index contributed by atoms with van der Waals surface area (Å²) in [6.07, 6.45) is 0. The van der Waals surface area contributed by atoms with Gasteiger partial charge in [0.25, 0.3) is 5.69 Å². The summed E-state index contributed by atoms with van der Waals surface area (Å²) in [4.78, 5) is 20.5. The minimum absolute atomic E-state index is 0.0818. The van der Waals surface area contributed by atoms with E-state index < -0.39 is 16.6 Å². The normalized spacial score (nSPS) is 9.73. The van der Waals surface area contributed by atoms with Crippen LogP contribution in [0.25, 0.3) is 0 Å². The summed E-state index contributed by atoms with van der Waals surface area (Å²) in [5.41, 5.74) is -0.386. The van der Waals surface area contributed by atoms with Gasteiger partial charge in [-0.2, -0.15) is 0 Å². The van der Waals surface area contributed by atoms with E-state index in [9.17, 15) is 20.0 Å². The van der Waals surface area contributed by atoms with Gasteiger partial charge in [0.1, 0.15) is 0 Å². The largest absolute Gasteiger partial charge is 0.504 e. The number of benzene rings is 1. The topological polar surface area (TPSA) is 92.5 Å². The molecule has 0 saturated heterocycles. The monoisotopic (exact) mass is 230 g/mol. The lowest BCUT2D eigenvalue weighted by atomic mass is 10.2. The van der Waals surface area contributed by atoms with Crippen LogP contribution in [0.15, 0.2) is 12.1 Å². The summed E-state index contributed by atoms with van der Waals surface area (Å²) >= 11 is 5.54. The second-order valence-electron chi connectivity index (χ2n) is 2.76. The highest BCUT2D eigenvalue weighted by Gasteiger charge is 2.15. The number of phenolic OH excluding ortho intramolecular Hbond substituents is 1. The Kier molecular flexibility index (Phi) is 3.11. The quantitative estimate of drug-likeness (QED) is 0.461. The summed E-state index contributed by atoms with van der Waals surface area (Å²) in [7, 11) is 0. The van der Waals surface area contributed by atoms with Crippen LogP contribution >= 0.6 is 11.6 Å². The smallest absolute Gasteiger partial charge is 0.273 e. The van der Waals surface area contributed by atoms with Crippen LogP contribution < -0.4 is 5.32 Å². The second kappa shape index (κ2) is 4.14. The number of non-ortho nitro benzene ring substituents is 1. The lowest BCUT2D eigenvalue weighted by molar-refractivity contribution is -0.384. The minimum atomic E-state index is -0.670. The molecule has 0 unspecified atom stereocenters. The number of nitro benzene ring substituents is 1. The lowest BCUT2D eigenvalue weighted by Crippen LogP contribution is -2.06. The molecule has 1 aromatic carbocycles. The van der Waals surface area contributed by atoms with Crippen molar-refractivity contribution in [2.75, 3.05) is 5.32 Å². The van der Waals surface area contributed by atoms with E-state index in [1.807, 2.05) is 0 Å². The van der Waals surface area contributed by atoms with E-state index in [0.717, 1.165) is 12.1 Å². The molecular weight excluding hydrogens is 224 g/mol. The molecule has 2 N–H and O–H groups in total. The van der Waals surface area contributed by atoms with E-state index in [1.165, 1.54) is 6.92 Å². The van der Waals surface area contributed by atoms with E-state index in [0.29, 0.717) is 0 Å². The third kappa shape index (κ3) is 2.57. The van der Waals surface area contributed by atoms with Crippen molar-refractivity contribution in [2.45, 2.75) is 6.92 Å². The maximum Gasteiger partial charge on any atom is 0.273 e. The molecule has 0 heterocycles. The molecule has 0 spiro atoms. The first kappa shape index (κ1) is 11.3. The third-order valence-electron chi connectivity index (χ3n) is 1.57. The zero-order chi connectivity index (χ0) is 11.6. The van der Waals surface area contributed by atoms with Crippen LogP contribution in [0.2, 0.25) is 5.02 Å². The predicted octanol–water partition coefficient (Wildman–Crippen LogP) is 1.91. The van der Waals surface area contributed by atoms with Crippen molar-refractivity contribution in [2.24, 2.45) is 0 Å². The number of hydrogen-bond donors (Lipinski definition) is 2. The van der Waals surface area contributed by atoms with E-state index in [1.54, 1.807) is 0 Å². The van der Waals surface area contributed by atoms with Crippen LogP contribution in [0, 0.1) is 10.1 Å². The molecule has 0 radical (unpaired) electrons. The number of anilines is 1. The van der Waals surface area contributed by atoms with Crippen molar-refractivity contribution in [3.63, 3.8) is 0 Å². The maximum atomic E-state index is 10.7. The van der Waals surface area contributed by atoms with Gasteiger partial charge in [-0.25, -0.2) is 0 Å². The Bertz CT molecular complexity index is 433. The number of halogens is 1. The SMILES string of the molecule is CC(=O)Nc1cc([N+](=O)[O-])cc(Cl)c1O. The molecule has 15 heavy (non-hydrogen) atoms. The second-order valence-corrected chi connectivity index (χ2v) is 3.17. The molecule has 1 aromatic rings. The van der Waals surface area contributed by atoms with E-state index in [-0.39, 0.29) is 16.4 Å². The number of rotatable bonds is 2. The highest BCUT2D eigenvalue weighted by Crippen LogP contribution is 2.35. The molecule has 0 aliphatic heterocycles. The third-order valence-corrected chi connectivity index (χ3v) is 1.86. The van der Waals surface area contributed by atoms with Crippen molar-refractivity contribution in [3.8, 4) is 5.75 Å². The zero-order valence-corrected chi connectivity index (χ0v) is 8.41. The van der Waals surface area contributed by atoms with E-state index in [2.05, 4.69) is 5.32 Å². The molecule has 80 valence electrons. The average Bonchev–Trinajstić information content (AvgIpc) is 2.11. The van der Waals surface area contributed by atoms with Gasteiger partial charge in [0.05, 0.1) is 15.6 Å². The van der Waals surface area contributed by atoms with Gasteiger partial charge in [0.15, 0.2) is 5.75 Å². The Morgan fingerprint density at radius 1 is 1.60 bits per heavy atom. The number of carbonyl (C=O) groups is 1. The molecule has 6 nitrogen and oxygen atoms in total. The standard InChI is InChI=1S/C8H7ClN2O4/c1-4(12)10-7-3-5(11(14)15)2-6(9)8(7)13/h2-3,13H,1H3,(H,10,12). The van der Waals surface area contributed by atoms with Crippen molar-refractivity contribution in [1.82, 2.24) is 0 Å². The van der Waals surface area contributed by atoms with Crippen molar-refractivity contribution in [3.05, 3.63) is 27.3 Å². The van der Waals surface area contributed by atoms with Crippen molar-refractivity contribution < 1.29 is 14.8 Å². The first-order chi connectivity index (χ1) is 6.91. The number of hydrogen-bond acceptors (Lipinski definition) is 4. The van der Waals surface area contributed by atoms with Crippen LogP contribution in [-0.2, 0) is 4.79 Å². The summed E-state index contributed by atoms with van der Waals surface area (Å²) in [5.74, 6) is -0.848. The Labute approximate surface area is 89.6 Å². The molecule has 0 fully saturated rings. The molecule has 0 aliphatic carbocycles. The number of nitro groups is 1. The molecule has 0 aliphatic rings. The maximum absolute atomic E-state index is 10.7.